The molecule has 0 saturated heterocycles. The van der Waals surface area contributed by atoms with Crippen LogP contribution in [-0.4, -0.2) is 49.4 Å². The SMILES string of the molecule is COCCCN1C=CC=C(C(N)=O)C1S(=O)(=O)O. The molecule has 1 aliphatic heterocycles. The van der Waals surface area contributed by atoms with Gasteiger partial charge in [0, 0.05) is 26.5 Å². The lowest BCUT2D eigenvalue weighted by atomic mass is 10.1. The number of nitrogens with zero attached hydrogens (tertiary/aromatic N) is 1. The molecule has 1 unspecified atom stereocenters. The molecule has 18 heavy (non-hydrogen) atoms. The maximum atomic E-state index is 11.3. The highest BCUT2D eigenvalue weighted by molar-refractivity contribution is 7.86. The van der Waals surface area contributed by atoms with E-state index in [1.54, 1.807) is 0 Å². The molecule has 0 bridgehead atoms. The van der Waals surface area contributed by atoms with Crippen LogP contribution in [0.3, 0.4) is 0 Å². The number of allylic oxidation sites excluding steroid dienone is 2. The van der Waals surface area contributed by atoms with Crippen LogP contribution in [0.15, 0.2) is 23.9 Å². The highest BCUT2D eigenvalue weighted by Gasteiger charge is 2.35. The van der Waals surface area contributed by atoms with Crippen molar-refractivity contribution in [2.24, 2.45) is 5.73 Å². The third kappa shape index (κ3) is 3.56. The molecule has 1 amide bonds. The second-order valence-corrected chi connectivity index (χ2v) is 5.26. The number of methoxy groups -OCH3 is 1. The van der Waals surface area contributed by atoms with Crippen molar-refractivity contribution in [1.29, 1.82) is 0 Å². The van der Waals surface area contributed by atoms with Crippen LogP contribution in [0.2, 0.25) is 0 Å². The Labute approximate surface area is 106 Å². The summed E-state index contributed by atoms with van der Waals surface area (Å²) in [7, 11) is -2.91. The van der Waals surface area contributed by atoms with Crippen LogP contribution >= 0.6 is 0 Å². The molecule has 0 saturated carbocycles. The van der Waals surface area contributed by atoms with E-state index >= 15 is 0 Å². The number of carbonyl (C=O) groups excluding carboxylic acids is 1. The molecule has 1 rings (SSSR count). The molecule has 1 heterocycles. The largest absolute Gasteiger partial charge is 0.385 e. The van der Waals surface area contributed by atoms with Crippen molar-refractivity contribution in [1.82, 2.24) is 4.90 Å². The predicted molar refractivity (Wildman–Crippen MR) is 65.0 cm³/mol. The standard InChI is InChI=1S/C10H16N2O5S/c1-17-7-3-6-12-5-2-4-8(9(11)13)10(12)18(14,15)16/h2,4-5,10H,3,6-7H2,1H3,(H2,11,13)(H,14,15,16). The van der Waals surface area contributed by atoms with Gasteiger partial charge >= 0.3 is 0 Å². The third-order valence-corrected chi connectivity index (χ3v) is 3.54. The number of primary amides is 1. The highest BCUT2D eigenvalue weighted by atomic mass is 32.2. The van der Waals surface area contributed by atoms with Crippen molar-refractivity contribution in [2.45, 2.75) is 11.8 Å². The van der Waals surface area contributed by atoms with Gasteiger partial charge in [0.05, 0.1) is 5.57 Å². The zero-order chi connectivity index (χ0) is 13.8. The molecule has 0 aliphatic carbocycles. The first kappa shape index (κ1) is 14.7. The fourth-order valence-electron chi connectivity index (χ4n) is 1.72. The fraction of sp³-hybridized carbons (Fsp3) is 0.500. The Morgan fingerprint density at radius 3 is 2.78 bits per heavy atom. The molecule has 3 N–H and O–H groups in total. The van der Waals surface area contributed by atoms with Gasteiger partial charge in [0.25, 0.3) is 10.1 Å². The normalized spacial score (nSPS) is 19.8. The quantitative estimate of drug-likeness (QED) is 0.499. The van der Waals surface area contributed by atoms with Crippen LogP contribution in [0.25, 0.3) is 0 Å². The summed E-state index contributed by atoms with van der Waals surface area (Å²) in [5.74, 6) is -0.876. The van der Waals surface area contributed by atoms with Crippen molar-refractivity contribution in [2.75, 3.05) is 20.3 Å². The van der Waals surface area contributed by atoms with Crippen LogP contribution in [-0.2, 0) is 19.6 Å². The Hall–Kier alpha value is -1.38. The second-order valence-electron chi connectivity index (χ2n) is 3.78. The first-order valence-electron chi connectivity index (χ1n) is 5.27. The lowest BCUT2D eigenvalue weighted by Gasteiger charge is -2.31. The summed E-state index contributed by atoms with van der Waals surface area (Å²) in [5.41, 5.74) is 4.95. The second kappa shape index (κ2) is 5.98. The van der Waals surface area contributed by atoms with Gasteiger partial charge in [-0.25, -0.2) is 0 Å². The summed E-state index contributed by atoms with van der Waals surface area (Å²) in [6.45, 7) is 0.761. The number of nitrogens with two attached hydrogens (primary N) is 1. The molecule has 0 radical (unpaired) electrons. The van der Waals surface area contributed by atoms with Crippen molar-refractivity contribution in [3.63, 3.8) is 0 Å². The van der Waals surface area contributed by atoms with Gasteiger partial charge < -0.3 is 15.4 Å². The summed E-state index contributed by atoms with van der Waals surface area (Å²) in [6.07, 6.45) is 4.83. The van der Waals surface area contributed by atoms with Gasteiger partial charge in [-0.3, -0.25) is 9.35 Å². The first-order chi connectivity index (χ1) is 8.38. The zero-order valence-corrected chi connectivity index (χ0v) is 10.8. The monoisotopic (exact) mass is 276 g/mol. The van der Waals surface area contributed by atoms with Crippen LogP contribution in [0, 0.1) is 0 Å². The van der Waals surface area contributed by atoms with E-state index in [1.165, 1.54) is 30.4 Å². The van der Waals surface area contributed by atoms with Crippen LogP contribution in [0.5, 0.6) is 0 Å². The van der Waals surface area contributed by atoms with Gasteiger partial charge in [-0.15, -0.1) is 0 Å². The number of ether oxygens (including phenoxy) is 1. The molecule has 0 aromatic heterocycles. The van der Waals surface area contributed by atoms with E-state index in [0.29, 0.717) is 19.6 Å². The summed E-state index contributed by atoms with van der Waals surface area (Å²) < 4.78 is 36.8. The average molecular weight is 276 g/mol. The van der Waals surface area contributed by atoms with Gasteiger partial charge in [0.2, 0.25) is 5.91 Å². The predicted octanol–water partition coefficient (Wildman–Crippen LogP) is -0.522. The topological polar surface area (TPSA) is 110 Å². The Bertz CT molecular complexity index is 469. The first-order valence-corrected chi connectivity index (χ1v) is 6.77. The number of rotatable bonds is 6. The third-order valence-electron chi connectivity index (χ3n) is 2.45. The number of carbonyl (C=O) groups is 1. The van der Waals surface area contributed by atoms with Gasteiger partial charge in [0.1, 0.15) is 0 Å². The molecular weight excluding hydrogens is 260 g/mol. The van der Waals surface area contributed by atoms with Gasteiger partial charge in [-0.05, 0) is 18.6 Å². The lowest BCUT2D eigenvalue weighted by Crippen LogP contribution is -2.44. The summed E-state index contributed by atoms with van der Waals surface area (Å²) in [4.78, 5) is 12.5. The Morgan fingerprint density at radius 1 is 1.61 bits per heavy atom. The lowest BCUT2D eigenvalue weighted by molar-refractivity contribution is -0.115. The molecule has 1 aliphatic rings. The minimum atomic E-state index is -4.44. The Morgan fingerprint density at radius 2 is 2.28 bits per heavy atom. The highest BCUT2D eigenvalue weighted by Crippen LogP contribution is 2.21. The molecule has 102 valence electrons. The Kier molecular flexibility index (Phi) is 4.88. The number of hydrogen-bond acceptors (Lipinski definition) is 5. The maximum absolute atomic E-state index is 11.3. The fourth-order valence-corrected chi connectivity index (χ4v) is 2.75. The molecule has 0 spiro atoms. The van der Waals surface area contributed by atoms with Crippen molar-refractivity contribution in [3.8, 4) is 0 Å². The average Bonchev–Trinajstić information content (AvgIpc) is 2.27. The van der Waals surface area contributed by atoms with E-state index < -0.39 is 21.4 Å². The molecule has 0 aromatic carbocycles. The molecule has 0 aromatic rings. The molecular formula is C10H16N2O5S. The van der Waals surface area contributed by atoms with E-state index in [4.69, 9.17) is 10.5 Å². The summed E-state index contributed by atoms with van der Waals surface area (Å²) >= 11 is 0. The molecule has 8 heteroatoms. The van der Waals surface area contributed by atoms with E-state index in [0.717, 1.165) is 0 Å². The van der Waals surface area contributed by atoms with E-state index in [9.17, 15) is 17.8 Å². The summed E-state index contributed by atoms with van der Waals surface area (Å²) in [5, 5.41) is -1.45. The number of hydrogen-bond donors (Lipinski definition) is 2. The summed E-state index contributed by atoms with van der Waals surface area (Å²) in [6, 6.07) is 0. The van der Waals surface area contributed by atoms with E-state index in [-0.39, 0.29) is 5.57 Å². The molecule has 7 nitrogen and oxygen atoms in total. The Balaban J connectivity index is 2.94. The van der Waals surface area contributed by atoms with Crippen molar-refractivity contribution < 1.29 is 22.5 Å². The van der Waals surface area contributed by atoms with E-state index in [2.05, 4.69) is 0 Å². The van der Waals surface area contributed by atoms with Crippen LogP contribution < -0.4 is 5.73 Å². The molecule has 0 fully saturated rings. The minimum absolute atomic E-state index is 0.155. The van der Waals surface area contributed by atoms with Crippen LogP contribution in [0.4, 0.5) is 0 Å². The zero-order valence-electron chi connectivity index (χ0n) is 9.94. The van der Waals surface area contributed by atoms with Gasteiger partial charge in [0.15, 0.2) is 5.37 Å². The van der Waals surface area contributed by atoms with Crippen LogP contribution in [0.1, 0.15) is 6.42 Å². The molecule has 1 atom stereocenters. The maximum Gasteiger partial charge on any atom is 0.290 e. The van der Waals surface area contributed by atoms with Gasteiger partial charge in [-0.1, -0.05) is 0 Å². The van der Waals surface area contributed by atoms with Gasteiger partial charge in [-0.2, -0.15) is 8.42 Å². The number of amides is 1. The van der Waals surface area contributed by atoms with Crippen molar-refractivity contribution in [3.05, 3.63) is 23.9 Å². The van der Waals surface area contributed by atoms with E-state index in [1.807, 2.05) is 0 Å². The smallest absolute Gasteiger partial charge is 0.290 e. The van der Waals surface area contributed by atoms with Crippen molar-refractivity contribution >= 4 is 16.0 Å². The minimum Gasteiger partial charge on any atom is -0.385 e.